The predicted octanol–water partition coefficient (Wildman–Crippen LogP) is 3.30. The monoisotopic (exact) mass is 396 g/mol. The SMILES string of the molecule is COc1ccc2[nH]c(=O)c(C3C(C#N)=C(N)Oc4c3ccc3cccnc43)cc2c1. The molecule has 1 aliphatic heterocycles. The van der Waals surface area contributed by atoms with Crippen molar-refractivity contribution in [2.45, 2.75) is 5.92 Å². The Morgan fingerprint density at radius 1 is 1.17 bits per heavy atom. The Bertz CT molecular complexity index is 1460. The Kier molecular flexibility index (Phi) is 3.93. The van der Waals surface area contributed by atoms with Gasteiger partial charge in [-0.15, -0.1) is 0 Å². The molecule has 0 saturated carbocycles. The lowest BCUT2D eigenvalue weighted by molar-refractivity contribution is 0.397. The molecule has 4 aromatic rings. The maximum absolute atomic E-state index is 13.0. The molecule has 0 radical (unpaired) electrons. The van der Waals surface area contributed by atoms with E-state index in [9.17, 15) is 10.1 Å². The molecule has 30 heavy (non-hydrogen) atoms. The van der Waals surface area contributed by atoms with Gasteiger partial charge in [-0.25, -0.2) is 0 Å². The number of hydrogen-bond acceptors (Lipinski definition) is 6. The summed E-state index contributed by atoms with van der Waals surface area (Å²) in [6.07, 6.45) is 1.66. The first-order chi connectivity index (χ1) is 14.6. The van der Waals surface area contributed by atoms with Gasteiger partial charge in [0, 0.05) is 33.6 Å². The minimum absolute atomic E-state index is 0.0294. The highest BCUT2D eigenvalue weighted by Gasteiger charge is 2.33. The summed E-state index contributed by atoms with van der Waals surface area (Å²) in [4.78, 5) is 20.3. The van der Waals surface area contributed by atoms with Crippen molar-refractivity contribution in [1.29, 1.82) is 5.26 Å². The molecule has 1 atom stereocenters. The fraction of sp³-hybridized carbons (Fsp3) is 0.0870. The maximum Gasteiger partial charge on any atom is 0.252 e. The van der Waals surface area contributed by atoms with Crippen LogP contribution >= 0.6 is 0 Å². The van der Waals surface area contributed by atoms with Crippen LogP contribution in [0.25, 0.3) is 21.8 Å². The molecule has 1 unspecified atom stereocenters. The van der Waals surface area contributed by atoms with Crippen LogP contribution in [0.3, 0.4) is 0 Å². The number of hydrogen-bond donors (Lipinski definition) is 2. The number of nitrogens with two attached hydrogens (primary N) is 1. The summed E-state index contributed by atoms with van der Waals surface area (Å²) in [5.41, 5.74) is 8.36. The first kappa shape index (κ1) is 17.8. The molecule has 0 fully saturated rings. The Morgan fingerprint density at radius 2 is 2.03 bits per heavy atom. The van der Waals surface area contributed by atoms with Crippen LogP contribution in [0, 0.1) is 11.3 Å². The third-order valence-corrected chi connectivity index (χ3v) is 5.35. The van der Waals surface area contributed by atoms with Crippen LogP contribution in [0.5, 0.6) is 11.5 Å². The van der Waals surface area contributed by atoms with E-state index in [1.165, 1.54) is 0 Å². The highest BCUT2D eigenvalue weighted by atomic mass is 16.5. The minimum Gasteiger partial charge on any atom is -0.497 e. The van der Waals surface area contributed by atoms with Gasteiger partial charge in [-0.05, 0) is 30.3 Å². The molecule has 146 valence electrons. The van der Waals surface area contributed by atoms with E-state index in [1.54, 1.807) is 31.5 Å². The van der Waals surface area contributed by atoms with Crippen LogP contribution in [-0.4, -0.2) is 17.1 Å². The van der Waals surface area contributed by atoms with Gasteiger partial charge in [0.1, 0.15) is 22.9 Å². The zero-order valence-electron chi connectivity index (χ0n) is 16.0. The zero-order valence-corrected chi connectivity index (χ0v) is 16.0. The first-order valence-electron chi connectivity index (χ1n) is 9.27. The summed E-state index contributed by atoms with van der Waals surface area (Å²) in [6, 6.07) is 16.8. The molecule has 3 heterocycles. The van der Waals surface area contributed by atoms with Gasteiger partial charge in [0.25, 0.3) is 5.56 Å². The van der Waals surface area contributed by atoms with E-state index in [2.05, 4.69) is 16.0 Å². The molecule has 0 amide bonds. The van der Waals surface area contributed by atoms with E-state index in [0.717, 1.165) is 10.8 Å². The average molecular weight is 396 g/mol. The van der Waals surface area contributed by atoms with Crippen molar-refractivity contribution in [3.8, 4) is 17.6 Å². The molecule has 0 aliphatic carbocycles. The number of aromatic nitrogens is 2. The highest BCUT2D eigenvalue weighted by Crippen LogP contribution is 2.44. The lowest BCUT2D eigenvalue weighted by Gasteiger charge is -2.26. The Balaban J connectivity index is 1.82. The largest absolute Gasteiger partial charge is 0.497 e. The summed E-state index contributed by atoms with van der Waals surface area (Å²) in [6.45, 7) is 0. The Hall–Kier alpha value is -4.31. The van der Waals surface area contributed by atoms with E-state index in [4.69, 9.17) is 15.2 Å². The van der Waals surface area contributed by atoms with Crippen molar-refractivity contribution in [3.05, 3.63) is 87.7 Å². The third-order valence-electron chi connectivity index (χ3n) is 5.35. The van der Waals surface area contributed by atoms with E-state index in [0.29, 0.717) is 33.7 Å². The second kappa shape index (κ2) is 6.64. The van der Waals surface area contributed by atoms with E-state index in [1.807, 2.05) is 30.3 Å². The number of aromatic amines is 1. The molecule has 5 rings (SSSR count). The lowest BCUT2D eigenvalue weighted by atomic mass is 9.83. The van der Waals surface area contributed by atoms with E-state index >= 15 is 0 Å². The molecule has 2 aromatic heterocycles. The summed E-state index contributed by atoms with van der Waals surface area (Å²) in [5, 5.41) is 11.5. The quantitative estimate of drug-likeness (QED) is 0.537. The number of nitrogens with zero attached hydrogens (tertiary/aromatic N) is 2. The average Bonchev–Trinajstić information content (AvgIpc) is 2.77. The fourth-order valence-corrected chi connectivity index (χ4v) is 3.92. The van der Waals surface area contributed by atoms with E-state index < -0.39 is 5.92 Å². The van der Waals surface area contributed by atoms with Gasteiger partial charge < -0.3 is 20.2 Å². The minimum atomic E-state index is -0.676. The van der Waals surface area contributed by atoms with Crippen LogP contribution in [0.2, 0.25) is 0 Å². The number of allylic oxidation sites excluding steroid dienone is 1. The van der Waals surface area contributed by atoms with Crippen molar-refractivity contribution in [1.82, 2.24) is 9.97 Å². The number of fused-ring (bicyclic) bond motifs is 4. The van der Waals surface area contributed by atoms with Crippen molar-refractivity contribution in [3.63, 3.8) is 0 Å². The summed E-state index contributed by atoms with van der Waals surface area (Å²) >= 11 is 0. The maximum atomic E-state index is 13.0. The second-order valence-corrected chi connectivity index (χ2v) is 6.99. The van der Waals surface area contributed by atoms with Crippen LogP contribution < -0.4 is 20.8 Å². The molecule has 2 aromatic carbocycles. The van der Waals surface area contributed by atoms with Crippen molar-refractivity contribution >= 4 is 21.8 Å². The Labute approximate surface area is 171 Å². The third kappa shape index (κ3) is 2.58. The Morgan fingerprint density at radius 3 is 2.83 bits per heavy atom. The molecule has 0 spiro atoms. The number of H-pyrrole nitrogens is 1. The fourth-order valence-electron chi connectivity index (χ4n) is 3.92. The van der Waals surface area contributed by atoms with Gasteiger partial charge in [-0.2, -0.15) is 5.26 Å². The number of nitriles is 1. The molecular formula is C23H16N4O3. The van der Waals surface area contributed by atoms with Gasteiger partial charge in [-0.3, -0.25) is 9.78 Å². The summed E-state index contributed by atoms with van der Waals surface area (Å²) in [7, 11) is 1.58. The van der Waals surface area contributed by atoms with Crippen LogP contribution in [0.15, 0.2) is 71.0 Å². The first-order valence-corrected chi connectivity index (χ1v) is 9.27. The molecule has 1 aliphatic rings. The number of benzene rings is 2. The molecule has 7 heteroatoms. The number of nitrogens with one attached hydrogen (secondary N) is 1. The smallest absolute Gasteiger partial charge is 0.252 e. The van der Waals surface area contributed by atoms with Gasteiger partial charge in [0.05, 0.1) is 13.0 Å². The normalized spacial score (nSPS) is 15.5. The molecule has 3 N–H and O–H groups in total. The van der Waals surface area contributed by atoms with Gasteiger partial charge in [-0.1, -0.05) is 18.2 Å². The van der Waals surface area contributed by atoms with Gasteiger partial charge in [0.2, 0.25) is 5.88 Å². The van der Waals surface area contributed by atoms with Crippen molar-refractivity contribution in [2.75, 3.05) is 7.11 Å². The summed E-state index contributed by atoms with van der Waals surface area (Å²) in [5.74, 6) is 0.418. The zero-order chi connectivity index (χ0) is 20.8. The number of methoxy groups -OCH3 is 1. The standard InChI is InChI=1S/C23H16N4O3/c1-29-14-5-7-18-13(9-14)10-16(23(28)27-18)19-15-6-4-12-3-2-8-26-20(12)21(15)30-22(25)17(19)11-24/h2-10,19H,25H2,1H3,(H,27,28). The van der Waals surface area contributed by atoms with Crippen molar-refractivity contribution in [2.24, 2.45) is 5.73 Å². The predicted molar refractivity (Wildman–Crippen MR) is 112 cm³/mol. The number of pyridine rings is 2. The summed E-state index contributed by atoms with van der Waals surface area (Å²) < 4.78 is 11.1. The van der Waals surface area contributed by atoms with Crippen LogP contribution in [0.1, 0.15) is 17.0 Å². The van der Waals surface area contributed by atoms with Gasteiger partial charge in [0.15, 0.2) is 5.75 Å². The van der Waals surface area contributed by atoms with Gasteiger partial charge >= 0.3 is 0 Å². The molecular weight excluding hydrogens is 380 g/mol. The van der Waals surface area contributed by atoms with Crippen LogP contribution in [0.4, 0.5) is 0 Å². The number of rotatable bonds is 2. The lowest BCUT2D eigenvalue weighted by Crippen LogP contribution is -2.25. The van der Waals surface area contributed by atoms with E-state index in [-0.39, 0.29) is 17.0 Å². The van der Waals surface area contributed by atoms with Crippen LogP contribution in [-0.2, 0) is 0 Å². The molecule has 0 saturated heterocycles. The number of ether oxygens (including phenoxy) is 2. The highest BCUT2D eigenvalue weighted by molar-refractivity contribution is 5.87. The molecule has 0 bridgehead atoms. The van der Waals surface area contributed by atoms with Crippen molar-refractivity contribution < 1.29 is 9.47 Å². The molecule has 7 nitrogen and oxygen atoms in total. The topological polar surface area (TPSA) is 114 Å². The second-order valence-electron chi connectivity index (χ2n) is 6.99.